The number of benzene rings is 1. The summed E-state index contributed by atoms with van der Waals surface area (Å²) < 4.78 is 8.21. The minimum Gasteiger partial charge on any atom is -0.417 e. The van der Waals surface area contributed by atoms with Crippen LogP contribution in [0.5, 0.6) is 0 Å². The third kappa shape index (κ3) is 7.17. The van der Waals surface area contributed by atoms with Crippen molar-refractivity contribution in [2.75, 3.05) is 12.9 Å². The summed E-state index contributed by atoms with van der Waals surface area (Å²) in [6.45, 7) is 11.8. The molecule has 0 atom stereocenters. The molecular formula is C28H42N2O3SSi. The van der Waals surface area contributed by atoms with E-state index in [9.17, 15) is 9.59 Å². The highest BCUT2D eigenvalue weighted by Gasteiger charge is 2.36. The number of hydrogen-bond donors (Lipinski definition) is 0. The summed E-state index contributed by atoms with van der Waals surface area (Å²) in [5.41, 5.74) is 2.25. The van der Waals surface area contributed by atoms with Crippen LogP contribution in [0.15, 0.2) is 35.2 Å². The fourth-order valence-electron chi connectivity index (χ4n) is 4.27. The number of unbranched alkanes of at least 4 members (excludes halogenated alkanes) is 1. The van der Waals surface area contributed by atoms with E-state index in [4.69, 9.17) is 9.52 Å². The predicted octanol–water partition coefficient (Wildman–Crippen LogP) is 7.72. The first kappa shape index (κ1) is 27.9. The van der Waals surface area contributed by atoms with Crippen LogP contribution in [0.25, 0.3) is 11.3 Å². The SMILES string of the molecule is CSc1ccc(-c2cc(C(=O)C(=O)CCCCO[Si](C)(C)C(C)(C)C)nn2C2CCCCC2)cc1. The van der Waals surface area contributed by atoms with Crippen LogP contribution in [0, 0.1) is 0 Å². The van der Waals surface area contributed by atoms with Crippen molar-refractivity contribution < 1.29 is 14.0 Å². The van der Waals surface area contributed by atoms with Crippen molar-refractivity contribution in [2.45, 2.75) is 101 Å². The molecule has 5 nitrogen and oxygen atoms in total. The summed E-state index contributed by atoms with van der Waals surface area (Å²) >= 11 is 1.70. The van der Waals surface area contributed by atoms with Gasteiger partial charge in [-0.3, -0.25) is 14.3 Å². The summed E-state index contributed by atoms with van der Waals surface area (Å²) in [5.74, 6) is -0.818. The Hall–Kier alpha value is -1.70. The Morgan fingerprint density at radius 3 is 2.34 bits per heavy atom. The van der Waals surface area contributed by atoms with Crippen molar-refractivity contribution in [1.29, 1.82) is 0 Å². The lowest BCUT2D eigenvalue weighted by Gasteiger charge is -2.36. The number of ketones is 2. The summed E-state index contributed by atoms with van der Waals surface area (Å²) in [7, 11) is -1.78. The third-order valence-electron chi connectivity index (χ3n) is 7.60. The smallest absolute Gasteiger partial charge is 0.248 e. The van der Waals surface area contributed by atoms with E-state index in [-0.39, 0.29) is 29.0 Å². The minimum absolute atomic E-state index is 0.170. The molecule has 1 heterocycles. The quantitative estimate of drug-likeness (QED) is 0.101. The lowest BCUT2D eigenvalue weighted by atomic mass is 9.95. The van der Waals surface area contributed by atoms with Crippen LogP contribution < -0.4 is 0 Å². The Bertz CT molecular complexity index is 1000. The van der Waals surface area contributed by atoms with Gasteiger partial charge in [-0.25, -0.2) is 0 Å². The molecule has 35 heavy (non-hydrogen) atoms. The van der Waals surface area contributed by atoms with Crippen molar-refractivity contribution in [1.82, 2.24) is 9.78 Å². The van der Waals surface area contributed by atoms with Crippen LogP contribution in [0.4, 0.5) is 0 Å². The zero-order valence-corrected chi connectivity index (χ0v) is 24.2. The van der Waals surface area contributed by atoms with Gasteiger partial charge >= 0.3 is 0 Å². The number of hydrogen-bond acceptors (Lipinski definition) is 5. The first-order valence-electron chi connectivity index (χ1n) is 13.0. The van der Waals surface area contributed by atoms with Gasteiger partial charge in [0.25, 0.3) is 0 Å². The zero-order chi connectivity index (χ0) is 25.6. The van der Waals surface area contributed by atoms with Gasteiger partial charge in [0.15, 0.2) is 8.32 Å². The maximum Gasteiger partial charge on any atom is 0.248 e. The number of Topliss-reactive ketones (excluding diaryl/α,β-unsaturated/α-hetero) is 2. The van der Waals surface area contributed by atoms with Gasteiger partial charge in [-0.15, -0.1) is 11.8 Å². The molecule has 0 spiro atoms. The van der Waals surface area contributed by atoms with E-state index < -0.39 is 14.1 Å². The number of thioether (sulfide) groups is 1. The van der Waals surface area contributed by atoms with Crippen LogP contribution in [-0.4, -0.2) is 42.5 Å². The van der Waals surface area contributed by atoms with E-state index in [1.807, 2.05) is 10.7 Å². The highest BCUT2D eigenvalue weighted by molar-refractivity contribution is 7.98. The first-order chi connectivity index (χ1) is 16.5. The molecule has 0 aliphatic heterocycles. The van der Waals surface area contributed by atoms with E-state index in [1.54, 1.807) is 11.8 Å². The number of carbonyl (C=O) groups excluding carboxylic acids is 2. The van der Waals surface area contributed by atoms with Gasteiger partial charge < -0.3 is 4.43 Å². The van der Waals surface area contributed by atoms with Crippen molar-refractivity contribution in [3.05, 3.63) is 36.0 Å². The minimum atomic E-state index is -1.78. The lowest BCUT2D eigenvalue weighted by molar-refractivity contribution is -0.115. The highest BCUT2D eigenvalue weighted by Crippen LogP contribution is 2.37. The molecule has 1 aliphatic rings. The Morgan fingerprint density at radius 2 is 1.74 bits per heavy atom. The van der Waals surface area contributed by atoms with Crippen molar-refractivity contribution in [3.63, 3.8) is 0 Å². The molecule has 0 unspecified atom stereocenters. The molecule has 1 saturated carbocycles. The highest BCUT2D eigenvalue weighted by atomic mass is 32.2. The average molecular weight is 515 g/mol. The van der Waals surface area contributed by atoms with E-state index in [0.717, 1.165) is 30.5 Å². The van der Waals surface area contributed by atoms with Crippen LogP contribution in [0.3, 0.4) is 0 Å². The molecule has 2 aromatic rings. The molecule has 0 bridgehead atoms. The third-order valence-corrected chi connectivity index (χ3v) is 12.9. The van der Waals surface area contributed by atoms with Gasteiger partial charge in [0.05, 0.1) is 11.7 Å². The molecule has 0 N–H and O–H groups in total. The normalized spacial score (nSPS) is 15.4. The summed E-state index contributed by atoms with van der Waals surface area (Å²) in [6.07, 6.45) is 9.47. The second kappa shape index (κ2) is 12.0. The van der Waals surface area contributed by atoms with E-state index in [0.29, 0.717) is 13.0 Å². The monoisotopic (exact) mass is 514 g/mol. The van der Waals surface area contributed by atoms with Crippen LogP contribution in [0.1, 0.15) is 88.7 Å². The second-order valence-corrected chi connectivity index (χ2v) is 16.9. The van der Waals surface area contributed by atoms with E-state index in [2.05, 4.69) is 64.4 Å². The van der Waals surface area contributed by atoms with Crippen LogP contribution in [0.2, 0.25) is 18.1 Å². The van der Waals surface area contributed by atoms with Gasteiger partial charge in [-0.05, 0) is 73.8 Å². The van der Waals surface area contributed by atoms with Gasteiger partial charge in [0.2, 0.25) is 11.6 Å². The largest absolute Gasteiger partial charge is 0.417 e. The molecule has 7 heteroatoms. The number of nitrogens with zero attached hydrogens (tertiary/aromatic N) is 2. The molecule has 1 aliphatic carbocycles. The summed E-state index contributed by atoms with van der Waals surface area (Å²) in [6, 6.07) is 10.5. The summed E-state index contributed by atoms with van der Waals surface area (Å²) in [4.78, 5) is 27.0. The number of aromatic nitrogens is 2. The Labute approximate surface area is 216 Å². The van der Waals surface area contributed by atoms with Crippen LogP contribution in [-0.2, 0) is 9.22 Å². The van der Waals surface area contributed by atoms with Crippen molar-refractivity contribution in [3.8, 4) is 11.3 Å². The van der Waals surface area contributed by atoms with Crippen molar-refractivity contribution in [2.24, 2.45) is 0 Å². The molecule has 1 aromatic heterocycles. The fourth-order valence-corrected chi connectivity index (χ4v) is 5.77. The fraction of sp³-hybridized carbons (Fsp3) is 0.607. The van der Waals surface area contributed by atoms with Crippen molar-refractivity contribution >= 4 is 31.6 Å². The van der Waals surface area contributed by atoms with Gasteiger partial charge in [-0.1, -0.05) is 52.2 Å². The Balaban J connectivity index is 1.67. The molecular weight excluding hydrogens is 472 g/mol. The Kier molecular flexibility index (Phi) is 9.58. The van der Waals surface area contributed by atoms with Gasteiger partial charge in [0.1, 0.15) is 5.69 Å². The van der Waals surface area contributed by atoms with Gasteiger partial charge in [-0.2, -0.15) is 5.10 Å². The first-order valence-corrected chi connectivity index (χ1v) is 17.1. The molecule has 1 aromatic carbocycles. The summed E-state index contributed by atoms with van der Waals surface area (Å²) in [5, 5.41) is 4.87. The maximum atomic E-state index is 13.0. The van der Waals surface area contributed by atoms with E-state index >= 15 is 0 Å². The second-order valence-electron chi connectivity index (χ2n) is 11.2. The van der Waals surface area contributed by atoms with Gasteiger partial charge in [0, 0.05) is 17.9 Å². The zero-order valence-electron chi connectivity index (χ0n) is 22.4. The topological polar surface area (TPSA) is 61.2 Å². The molecule has 1 fully saturated rings. The molecule has 0 amide bonds. The molecule has 0 radical (unpaired) electrons. The van der Waals surface area contributed by atoms with Crippen LogP contribution >= 0.6 is 11.8 Å². The number of carbonyl (C=O) groups is 2. The lowest BCUT2D eigenvalue weighted by Crippen LogP contribution is -2.40. The van der Waals surface area contributed by atoms with E-state index in [1.165, 1.54) is 24.2 Å². The Morgan fingerprint density at radius 1 is 1.09 bits per heavy atom. The molecule has 3 rings (SSSR count). The number of rotatable bonds is 11. The predicted molar refractivity (Wildman–Crippen MR) is 148 cm³/mol. The maximum absolute atomic E-state index is 13.0. The average Bonchev–Trinajstić information content (AvgIpc) is 3.28. The molecule has 0 saturated heterocycles. The standard InChI is InChI=1S/C28H42N2O3SSi/c1-28(2,3)35(5,6)33-19-11-10-14-26(31)27(32)24-20-25(21-15-17-23(34-4)18-16-21)30(29-24)22-12-8-7-9-13-22/h15-18,20,22H,7-14,19H2,1-6H3. The molecule has 192 valence electrons.